The van der Waals surface area contributed by atoms with Crippen molar-refractivity contribution < 1.29 is 18.7 Å². The van der Waals surface area contributed by atoms with Gasteiger partial charge < -0.3 is 14.9 Å². The third-order valence-electron chi connectivity index (χ3n) is 7.95. The number of aromatic nitrogens is 3. The van der Waals surface area contributed by atoms with Gasteiger partial charge in [0, 0.05) is 30.7 Å². The molecule has 43 heavy (non-hydrogen) atoms. The highest BCUT2D eigenvalue weighted by Crippen LogP contribution is 2.42. The monoisotopic (exact) mass is 589 g/mol. The van der Waals surface area contributed by atoms with Crippen molar-refractivity contribution in [3.63, 3.8) is 0 Å². The summed E-state index contributed by atoms with van der Waals surface area (Å²) in [6, 6.07) is 6.73. The molecule has 11 heteroatoms. The van der Waals surface area contributed by atoms with E-state index in [1.54, 1.807) is 11.0 Å². The smallest absolute Gasteiger partial charge is 0.246 e. The number of anilines is 2. The molecular formula is C32H37F2N7O2. The second kappa shape index (κ2) is 11.8. The first kappa shape index (κ1) is 30.2. The number of piperazine rings is 1. The predicted octanol–water partition coefficient (Wildman–Crippen LogP) is 5.35. The number of amidine groups is 1. The normalized spacial score (nSPS) is 20.4. The highest BCUT2D eigenvalue weighted by atomic mass is 19.1. The van der Waals surface area contributed by atoms with Gasteiger partial charge in [-0.05, 0) is 50.0 Å². The first-order valence-electron chi connectivity index (χ1n) is 14.5. The van der Waals surface area contributed by atoms with Crippen LogP contribution >= 0.6 is 0 Å². The van der Waals surface area contributed by atoms with Crippen molar-refractivity contribution in [2.24, 2.45) is 4.99 Å². The summed E-state index contributed by atoms with van der Waals surface area (Å²) in [6.07, 6.45) is 1.32. The Bertz CT molecular complexity index is 1570. The number of hydrogen-bond donors (Lipinski definition) is 1. The Morgan fingerprint density at radius 2 is 1.65 bits per heavy atom. The van der Waals surface area contributed by atoms with E-state index in [1.165, 1.54) is 41.6 Å². The van der Waals surface area contributed by atoms with Crippen LogP contribution in [-0.4, -0.2) is 73.1 Å². The first-order chi connectivity index (χ1) is 20.4. The Morgan fingerprint density at radius 1 is 1.00 bits per heavy atom. The van der Waals surface area contributed by atoms with Crippen molar-refractivity contribution in [1.82, 2.24) is 24.8 Å². The van der Waals surface area contributed by atoms with Crippen LogP contribution in [0.4, 0.5) is 20.3 Å². The van der Waals surface area contributed by atoms with Crippen LogP contribution in [0.15, 0.2) is 54.3 Å². The summed E-state index contributed by atoms with van der Waals surface area (Å²) in [7, 11) is 0. The lowest BCUT2D eigenvalue weighted by atomic mass is 9.99. The van der Waals surface area contributed by atoms with Gasteiger partial charge in [-0.15, -0.1) is 0 Å². The Kier molecular flexibility index (Phi) is 8.29. The zero-order valence-electron chi connectivity index (χ0n) is 25.3. The number of aliphatic hydroxyl groups excluding tert-OH is 1. The molecule has 2 aromatic heterocycles. The van der Waals surface area contributed by atoms with E-state index in [0.29, 0.717) is 41.6 Å². The number of fused-ring (bicyclic) bond motifs is 1. The molecule has 1 saturated heterocycles. The van der Waals surface area contributed by atoms with Gasteiger partial charge in [-0.25, -0.2) is 28.7 Å². The lowest BCUT2D eigenvalue weighted by Crippen LogP contribution is -2.60. The van der Waals surface area contributed by atoms with Crippen LogP contribution in [0, 0.1) is 11.6 Å². The van der Waals surface area contributed by atoms with Gasteiger partial charge in [-0.3, -0.25) is 9.69 Å². The van der Waals surface area contributed by atoms with Crippen molar-refractivity contribution in [2.45, 2.75) is 71.8 Å². The Balaban J connectivity index is 1.75. The lowest BCUT2D eigenvalue weighted by molar-refractivity contribution is -0.130. The third-order valence-corrected chi connectivity index (χ3v) is 7.95. The van der Waals surface area contributed by atoms with Gasteiger partial charge in [-0.2, -0.15) is 0 Å². The number of pyridine rings is 1. The van der Waals surface area contributed by atoms with Crippen LogP contribution in [-0.2, 0) is 4.79 Å². The quantitative estimate of drug-likeness (QED) is 0.401. The molecular weight excluding hydrogens is 552 g/mol. The summed E-state index contributed by atoms with van der Waals surface area (Å²) in [5, 5.41) is 11.8. The van der Waals surface area contributed by atoms with Crippen molar-refractivity contribution in [1.29, 1.82) is 0 Å². The Morgan fingerprint density at radius 3 is 2.26 bits per heavy atom. The maximum atomic E-state index is 15.9. The molecule has 0 aliphatic carbocycles. The molecule has 1 N–H and O–H groups in total. The molecule has 0 saturated carbocycles. The Labute approximate surface area is 250 Å². The second-order valence-electron chi connectivity index (χ2n) is 11.7. The van der Waals surface area contributed by atoms with E-state index < -0.39 is 18.0 Å². The highest BCUT2D eigenvalue weighted by molar-refractivity contribution is 6.06. The molecule has 4 heterocycles. The molecule has 2 aliphatic rings. The van der Waals surface area contributed by atoms with Crippen LogP contribution in [0.1, 0.15) is 70.3 Å². The van der Waals surface area contributed by atoms with Crippen molar-refractivity contribution >= 4 is 23.2 Å². The summed E-state index contributed by atoms with van der Waals surface area (Å²) in [5.74, 6) is -1.09. The fourth-order valence-corrected chi connectivity index (χ4v) is 5.81. The van der Waals surface area contributed by atoms with E-state index in [1.807, 2.05) is 46.4 Å². The van der Waals surface area contributed by atoms with Crippen LogP contribution < -0.4 is 4.90 Å². The summed E-state index contributed by atoms with van der Waals surface area (Å²) >= 11 is 0. The van der Waals surface area contributed by atoms with Gasteiger partial charge in [0.05, 0.1) is 22.6 Å². The summed E-state index contributed by atoms with van der Waals surface area (Å²) in [4.78, 5) is 36.2. The summed E-state index contributed by atoms with van der Waals surface area (Å²) in [6.45, 7) is 16.2. The predicted molar refractivity (Wildman–Crippen MR) is 162 cm³/mol. The molecule has 0 radical (unpaired) electrons. The molecule has 3 aromatic rings. The van der Waals surface area contributed by atoms with Gasteiger partial charge >= 0.3 is 0 Å². The van der Waals surface area contributed by atoms with Gasteiger partial charge in [0.1, 0.15) is 35.3 Å². The Hall–Kier alpha value is -4.25. The number of nitrogens with zero attached hydrogens (tertiary/aromatic N) is 7. The molecule has 1 aromatic carbocycles. The molecule has 3 atom stereocenters. The topological polar surface area (TPSA) is 98.1 Å². The van der Waals surface area contributed by atoms with Crippen LogP contribution in [0.5, 0.6) is 0 Å². The van der Waals surface area contributed by atoms with E-state index in [4.69, 9.17) is 9.98 Å². The number of hydrogen-bond acceptors (Lipinski definition) is 8. The van der Waals surface area contributed by atoms with Gasteiger partial charge in [0.2, 0.25) is 12.3 Å². The minimum absolute atomic E-state index is 0.00248. The molecule has 9 nitrogen and oxygen atoms in total. The highest BCUT2D eigenvalue weighted by Gasteiger charge is 2.40. The number of carbonyl (C=O) groups excluding carboxylic acids is 1. The molecule has 1 unspecified atom stereocenters. The fraction of sp³-hybridized carbons (Fsp3) is 0.406. The van der Waals surface area contributed by atoms with Crippen molar-refractivity contribution in [2.75, 3.05) is 18.0 Å². The second-order valence-corrected chi connectivity index (χ2v) is 11.7. The van der Waals surface area contributed by atoms with Crippen molar-refractivity contribution in [3.8, 4) is 11.3 Å². The average molecular weight is 590 g/mol. The molecule has 226 valence electrons. The van der Waals surface area contributed by atoms with Crippen molar-refractivity contribution in [3.05, 3.63) is 77.9 Å². The van der Waals surface area contributed by atoms with E-state index >= 15 is 4.39 Å². The van der Waals surface area contributed by atoms with E-state index in [0.717, 1.165) is 0 Å². The average Bonchev–Trinajstić information content (AvgIpc) is 2.97. The summed E-state index contributed by atoms with van der Waals surface area (Å²) in [5.41, 5.74) is 2.01. The van der Waals surface area contributed by atoms with Crippen LogP contribution in [0.25, 0.3) is 11.3 Å². The molecule has 0 spiro atoms. The van der Waals surface area contributed by atoms with Crippen LogP contribution in [0.3, 0.4) is 0 Å². The van der Waals surface area contributed by atoms with E-state index in [2.05, 4.69) is 16.5 Å². The number of aliphatic imine (C=N–C) groups is 1. The maximum Gasteiger partial charge on any atom is 0.246 e. The SMILES string of the molecule is C=CC(=O)N1C[C@H](C)N(C2=NC(O)N(c3c(C(C)C)ncnc3C(C)C)c3nc(-c4ccccc4F)c(F)cc32)C[C@H]1C. The standard InChI is InChI=1S/C32H37F2N7O2/c1-8-25(42)39-14-20(7)40(15-19(39)6)30-22-13-24(34)28(21-11-9-10-12-23(21)33)37-31(22)41(32(43)38-30)29-26(17(2)3)35-16-36-27(29)18(4)5/h8-13,16-20,32,43H,1,14-15H2,2-7H3/t19-,20+,32?/m1/s1. The van der Waals surface area contributed by atoms with Gasteiger partial charge in [0.25, 0.3) is 0 Å². The molecule has 1 amide bonds. The van der Waals surface area contributed by atoms with Gasteiger partial charge in [0.15, 0.2) is 0 Å². The fourth-order valence-electron chi connectivity index (χ4n) is 5.81. The number of amides is 1. The maximum absolute atomic E-state index is 15.9. The van der Waals surface area contributed by atoms with Gasteiger partial charge in [-0.1, -0.05) is 46.4 Å². The largest absolute Gasteiger partial charge is 0.355 e. The lowest BCUT2D eigenvalue weighted by Gasteiger charge is -2.47. The molecule has 0 bridgehead atoms. The molecule has 5 rings (SSSR count). The first-order valence-corrected chi connectivity index (χ1v) is 14.5. The number of aliphatic hydroxyl groups is 1. The van der Waals surface area contributed by atoms with E-state index in [9.17, 15) is 14.3 Å². The molecule has 2 aliphatic heterocycles. The number of halogens is 2. The zero-order valence-corrected chi connectivity index (χ0v) is 25.3. The zero-order chi connectivity index (χ0) is 31.2. The third kappa shape index (κ3) is 5.37. The number of carbonyl (C=O) groups is 1. The number of benzene rings is 1. The molecule has 1 fully saturated rings. The van der Waals surface area contributed by atoms with Crippen LogP contribution in [0.2, 0.25) is 0 Å². The number of rotatable bonds is 5. The minimum atomic E-state index is -1.47. The summed E-state index contributed by atoms with van der Waals surface area (Å²) < 4.78 is 30.9. The minimum Gasteiger partial charge on any atom is -0.355 e. The van der Waals surface area contributed by atoms with E-state index in [-0.39, 0.29) is 46.9 Å².